The van der Waals surface area contributed by atoms with Crippen LogP contribution in [0.3, 0.4) is 0 Å². The predicted octanol–water partition coefficient (Wildman–Crippen LogP) is 0.405. The monoisotopic (exact) mass is 724 g/mol. The molecule has 0 bridgehead atoms. The summed E-state index contributed by atoms with van der Waals surface area (Å²) in [4.78, 5) is 11.5. The highest BCUT2D eigenvalue weighted by Crippen LogP contribution is 2.33. The molecule has 4 rings (SSSR count). The number of aliphatic hydroxyl groups is 8. The maximum atomic E-state index is 11.5. The molecule has 11 unspecified atom stereocenters. The molecule has 0 spiro atoms. The summed E-state index contributed by atoms with van der Waals surface area (Å²) in [5.41, 5.74) is 0.905. The summed E-state index contributed by atoms with van der Waals surface area (Å²) in [6.07, 6.45) is -10.4. The zero-order valence-corrected chi connectivity index (χ0v) is 29.3. The quantitative estimate of drug-likeness (QED) is 0.0864. The minimum atomic E-state index is -1.80. The average Bonchev–Trinajstić information content (AvgIpc) is 3.09. The molecule has 0 radical (unpaired) electrons. The first-order valence-electron chi connectivity index (χ1n) is 17.1. The second kappa shape index (κ2) is 18.3. The van der Waals surface area contributed by atoms with Crippen molar-refractivity contribution >= 4 is 11.0 Å². The molecule has 1 aromatic carbocycles. The molecule has 3 heterocycles. The van der Waals surface area contributed by atoms with Crippen molar-refractivity contribution in [2.75, 3.05) is 19.8 Å². The molecule has 8 N–H and O–H groups in total. The van der Waals surface area contributed by atoms with Crippen LogP contribution in [0.2, 0.25) is 0 Å². The van der Waals surface area contributed by atoms with Crippen molar-refractivity contribution in [3.05, 3.63) is 64.1 Å². The summed E-state index contributed by atoms with van der Waals surface area (Å²) in [6, 6.07) is 8.40. The Kier molecular flexibility index (Phi) is 14.7. The Balaban J connectivity index is 1.29. The van der Waals surface area contributed by atoms with E-state index >= 15 is 0 Å². The third-order valence-corrected chi connectivity index (χ3v) is 9.31. The summed E-state index contributed by atoms with van der Waals surface area (Å²) in [5.74, 6) is 0.594. The Morgan fingerprint density at radius 2 is 1.47 bits per heavy atom. The van der Waals surface area contributed by atoms with E-state index in [0.29, 0.717) is 30.8 Å². The maximum absolute atomic E-state index is 11.5. The molecule has 15 heteroatoms. The lowest BCUT2D eigenvalue weighted by Crippen LogP contribution is -2.65. The van der Waals surface area contributed by atoms with Gasteiger partial charge in [0, 0.05) is 17.5 Å². The normalized spacial score (nSPS) is 31.5. The van der Waals surface area contributed by atoms with Crippen molar-refractivity contribution in [2.45, 2.75) is 126 Å². The third-order valence-electron chi connectivity index (χ3n) is 9.31. The second-order valence-corrected chi connectivity index (χ2v) is 13.7. The molecule has 2 saturated heterocycles. The van der Waals surface area contributed by atoms with Crippen LogP contribution in [0, 0.1) is 0 Å². The molecule has 0 amide bonds. The van der Waals surface area contributed by atoms with Crippen molar-refractivity contribution in [1.82, 2.24) is 0 Å². The highest BCUT2D eigenvalue weighted by molar-refractivity contribution is 5.77. The van der Waals surface area contributed by atoms with Gasteiger partial charge in [-0.3, -0.25) is 0 Å². The van der Waals surface area contributed by atoms with E-state index in [0.717, 1.165) is 29.4 Å². The van der Waals surface area contributed by atoms with Crippen LogP contribution >= 0.6 is 0 Å². The lowest BCUT2D eigenvalue weighted by Gasteiger charge is -2.47. The Morgan fingerprint density at radius 3 is 2.16 bits per heavy atom. The number of hydrogen-bond acceptors (Lipinski definition) is 15. The van der Waals surface area contributed by atoms with E-state index < -0.39 is 92.0 Å². The first kappa shape index (κ1) is 41.0. The third kappa shape index (κ3) is 10.7. The molecule has 11 atom stereocenters. The van der Waals surface area contributed by atoms with Crippen LogP contribution in [0.1, 0.15) is 53.4 Å². The van der Waals surface area contributed by atoms with Gasteiger partial charge in [0.05, 0.1) is 24.9 Å². The van der Waals surface area contributed by atoms with Gasteiger partial charge in [-0.15, -0.1) is 0 Å². The SMILES string of the molecule is CC(=CCOc1ccc2ccc(=O)oc2c1)CCC=C(C)CCC(O)C(C)(C)OC1OC(CO)C(O)C(O)C1OC1OC(CO)C(O)C(O)C1O. The highest BCUT2D eigenvalue weighted by atomic mass is 16.8. The molecule has 1 aromatic heterocycles. The fraction of sp³-hybridized carbons (Fsp3) is 0.639. The molecular weight excluding hydrogens is 672 g/mol. The molecule has 2 aliphatic heterocycles. The number of allylic oxidation sites excluding steroid dienone is 3. The minimum Gasteiger partial charge on any atom is -0.489 e. The number of benzene rings is 1. The van der Waals surface area contributed by atoms with Crippen LogP contribution in [0.25, 0.3) is 11.0 Å². The van der Waals surface area contributed by atoms with Gasteiger partial charge in [-0.2, -0.15) is 0 Å². The number of hydrogen-bond donors (Lipinski definition) is 8. The number of aliphatic hydroxyl groups excluding tert-OH is 8. The molecule has 2 aliphatic rings. The first-order chi connectivity index (χ1) is 24.1. The van der Waals surface area contributed by atoms with Crippen molar-refractivity contribution in [3.63, 3.8) is 0 Å². The Bertz CT molecular complexity index is 1520. The van der Waals surface area contributed by atoms with Crippen LogP contribution in [-0.2, 0) is 18.9 Å². The molecule has 286 valence electrons. The fourth-order valence-electron chi connectivity index (χ4n) is 5.88. The summed E-state index contributed by atoms with van der Waals surface area (Å²) in [6.45, 7) is 6.13. The van der Waals surface area contributed by atoms with Crippen LogP contribution in [0.15, 0.2) is 62.8 Å². The lowest BCUT2D eigenvalue weighted by molar-refractivity contribution is -0.380. The van der Waals surface area contributed by atoms with E-state index in [1.54, 1.807) is 26.0 Å². The Hall–Kier alpha value is -2.77. The number of rotatable bonds is 16. The molecular formula is C36H52O15. The molecule has 51 heavy (non-hydrogen) atoms. The topological polar surface area (TPSA) is 238 Å². The molecule has 0 aliphatic carbocycles. The standard InChI is InChI=1S/C36H52O15/c1-19(6-5-7-20(2)14-15-46-22-11-9-21-10-13-27(40)47-23(21)16-22)8-12-26(39)36(3,4)51-35-33(31(44)29(42)25(18-38)49-35)50-34-32(45)30(43)28(41)24(17-37)48-34/h6,9-11,13-14,16,24-26,28-35,37-39,41-45H,5,7-8,12,15,17-18H2,1-4H3. The predicted molar refractivity (Wildman–Crippen MR) is 182 cm³/mol. The van der Waals surface area contributed by atoms with Crippen LogP contribution < -0.4 is 10.4 Å². The molecule has 0 saturated carbocycles. The molecule has 2 fully saturated rings. The summed E-state index contributed by atoms with van der Waals surface area (Å²) in [7, 11) is 0. The zero-order chi connectivity index (χ0) is 37.5. The van der Waals surface area contributed by atoms with Gasteiger partial charge in [0.2, 0.25) is 0 Å². The van der Waals surface area contributed by atoms with Gasteiger partial charge in [-0.25, -0.2) is 4.79 Å². The Labute approximate surface area is 295 Å². The van der Waals surface area contributed by atoms with Gasteiger partial charge < -0.3 is 69.0 Å². The maximum Gasteiger partial charge on any atom is 0.336 e. The second-order valence-electron chi connectivity index (χ2n) is 13.7. The van der Waals surface area contributed by atoms with Gasteiger partial charge in [0.1, 0.15) is 66.8 Å². The van der Waals surface area contributed by atoms with Gasteiger partial charge in [0.15, 0.2) is 12.6 Å². The van der Waals surface area contributed by atoms with Crippen molar-refractivity contribution < 1.29 is 69.0 Å². The van der Waals surface area contributed by atoms with E-state index in [-0.39, 0.29) is 0 Å². The van der Waals surface area contributed by atoms with Gasteiger partial charge in [-0.1, -0.05) is 17.2 Å². The number of ether oxygens (including phenoxy) is 5. The van der Waals surface area contributed by atoms with E-state index in [9.17, 15) is 45.6 Å². The van der Waals surface area contributed by atoms with E-state index in [4.69, 9.17) is 28.1 Å². The van der Waals surface area contributed by atoms with E-state index in [2.05, 4.69) is 6.08 Å². The van der Waals surface area contributed by atoms with Gasteiger partial charge in [0.25, 0.3) is 0 Å². The van der Waals surface area contributed by atoms with Crippen molar-refractivity contribution in [2.24, 2.45) is 0 Å². The fourth-order valence-corrected chi connectivity index (χ4v) is 5.88. The lowest BCUT2D eigenvalue weighted by atomic mass is 9.94. The highest BCUT2D eigenvalue weighted by Gasteiger charge is 2.52. The van der Waals surface area contributed by atoms with Crippen LogP contribution in [0.4, 0.5) is 0 Å². The minimum absolute atomic E-state index is 0.295. The zero-order valence-electron chi connectivity index (χ0n) is 29.3. The Morgan fingerprint density at radius 1 is 0.843 bits per heavy atom. The summed E-state index contributed by atoms with van der Waals surface area (Å²) in [5, 5.41) is 83.4. The number of fused-ring (bicyclic) bond motifs is 1. The van der Waals surface area contributed by atoms with E-state index in [1.165, 1.54) is 6.07 Å². The van der Waals surface area contributed by atoms with Gasteiger partial charge >= 0.3 is 5.63 Å². The van der Waals surface area contributed by atoms with Crippen LogP contribution in [-0.4, -0.2) is 134 Å². The summed E-state index contributed by atoms with van der Waals surface area (Å²) >= 11 is 0. The largest absolute Gasteiger partial charge is 0.489 e. The first-order valence-corrected chi connectivity index (χ1v) is 17.1. The van der Waals surface area contributed by atoms with Crippen LogP contribution in [0.5, 0.6) is 5.75 Å². The van der Waals surface area contributed by atoms with Crippen molar-refractivity contribution in [3.8, 4) is 5.75 Å². The smallest absolute Gasteiger partial charge is 0.336 e. The molecule has 15 nitrogen and oxygen atoms in total. The van der Waals surface area contributed by atoms with E-state index in [1.807, 2.05) is 32.1 Å². The molecule has 2 aromatic rings. The van der Waals surface area contributed by atoms with Gasteiger partial charge in [-0.05, 0) is 77.7 Å². The summed E-state index contributed by atoms with van der Waals surface area (Å²) < 4.78 is 33.9. The van der Waals surface area contributed by atoms with Crippen molar-refractivity contribution in [1.29, 1.82) is 0 Å². The average molecular weight is 725 g/mol.